The number of para-hydroxylation sites is 3. The number of fused-ring (bicyclic) bond motifs is 3. The van der Waals surface area contributed by atoms with Crippen LogP contribution in [0.4, 0.5) is 13.2 Å². The quantitative estimate of drug-likeness (QED) is 0.0651. The molecule has 3 aliphatic heterocycles. The van der Waals surface area contributed by atoms with Crippen LogP contribution in [0.3, 0.4) is 0 Å². The molecule has 0 bridgehead atoms. The fourth-order valence-corrected chi connectivity index (χ4v) is 15.1. The highest BCUT2D eigenvalue weighted by Gasteiger charge is 2.43. The summed E-state index contributed by atoms with van der Waals surface area (Å²) in [5, 5.41) is 28.9. The first-order valence-electron chi connectivity index (χ1n) is 40.9. The first-order chi connectivity index (χ1) is 57.0. The summed E-state index contributed by atoms with van der Waals surface area (Å²) in [6, 6.07) is 31.6. The molecule has 0 spiro atoms. The van der Waals surface area contributed by atoms with Gasteiger partial charge < -0.3 is 76.8 Å². The molecule has 9 atom stereocenters. The minimum Gasteiger partial charge on any atom is -0.492 e. The highest BCUT2D eigenvalue weighted by molar-refractivity contribution is 6.42. The third kappa shape index (κ3) is 27.4. The Bertz CT molecular complexity index is 4480. The van der Waals surface area contributed by atoms with Crippen molar-refractivity contribution in [1.29, 1.82) is 0 Å². The molecular formula is C88H109Cl4F3N12O12. The molecule has 3 aliphatic carbocycles. The molecule has 9 amide bonds. The van der Waals surface area contributed by atoms with Gasteiger partial charge in [-0.15, -0.1) is 0 Å². The Balaban J connectivity index is 0.000000188. The van der Waals surface area contributed by atoms with E-state index in [1.54, 1.807) is 78.3 Å². The minimum atomic E-state index is -4.48. The van der Waals surface area contributed by atoms with Gasteiger partial charge in [-0.3, -0.25) is 43.2 Å². The minimum absolute atomic E-state index is 0.0109. The van der Waals surface area contributed by atoms with E-state index in [4.69, 9.17) is 60.6 Å². The van der Waals surface area contributed by atoms with Gasteiger partial charge in [0, 0.05) is 89.7 Å². The van der Waals surface area contributed by atoms with Crippen LogP contribution in [0.1, 0.15) is 118 Å². The standard InChI is InChI=1S/C30H37F3N4O4.2C29H36Cl2N4O4/c1-19-27(38)36-24(18-20-9-13-23(14-10-20)30(31,32)33)28(39)35-15-5-7-21-6-3-4-8-25(21)41-17-16-34-26(22-11-12-22)29(40)37(19)2;1-18-27(36)34-24(17-19-9-12-22(30)23(31)16-19)28(37)33-13-5-7-20-6-3-4-8-25(20)39-15-14-32-26(21-10-11-21)29(38)35(18)2;1-18-27(36)34-24(16-21-11-12-22(30)17-23(21)31)28(37)33-13-5-7-19-6-3-4-8-25(19)39-15-14-32-26(20-9-10-20)29(38)35(18)2/h3-4,6,8-10,13-14,19,22,24,26,34H,5,7,11-12,15-18H2,1-2H3,(H,35,39)(H,36,38);3-4,6,8-9,12,16,18,21,24,26,32H,5,7,10-11,13-15,17H2,1-2H3,(H,33,37)(H,34,36);3-4,6,8,11-12,17-18,20,24,26,32H,5,7,9-10,13-16H2,1-2H3,(H,33,37)(H,34,36)/t19-,24-,26+;2*18-,24-,26+/m111/s1. The highest BCUT2D eigenvalue weighted by atomic mass is 35.5. The lowest BCUT2D eigenvalue weighted by Crippen LogP contribution is -2.56. The van der Waals surface area contributed by atoms with E-state index in [2.05, 4.69) is 47.9 Å². The maximum Gasteiger partial charge on any atom is 0.416 e. The Morgan fingerprint density at radius 1 is 0.387 bits per heavy atom. The topological polar surface area (TPSA) is 299 Å². The van der Waals surface area contributed by atoms with Gasteiger partial charge in [0.1, 0.15) is 73.3 Å². The van der Waals surface area contributed by atoms with Crippen LogP contribution in [0, 0.1) is 17.8 Å². The Hall–Kier alpha value is -9.22. The maximum atomic E-state index is 13.4. The first-order valence-corrected chi connectivity index (χ1v) is 42.4. The van der Waals surface area contributed by atoms with Crippen LogP contribution in [0.2, 0.25) is 20.1 Å². The summed E-state index contributed by atoms with van der Waals surface area (Å²) in [7, 11) is 4.81. The summed E-state index contributed by atoms with van der Waals surface area (Å²) in [6.07, 6.45) is 5.70. The summed E-state index contributed by atoms with van der Waals surface area (Å²) in [5.74, 6) is 0.0520. The number of amides is 9. The number of alkyl halides is 3. The van der Waals surface area contributed by atoms with Crippen LogP contribution in [0.15, 0.2) is 133 Å². The summed E-state index contributed by atoms with van der Waals surface area (Å²) in [4.78, 5) is 124. The molecule has 0 aromatic heterocycles. The lowest BCUT2D eigenvalue weighted by Gasteiger charge is -2.30. The van der Waals surface area contributed by atoms with Gasteiger partial charge in [0.25, 0.3) is 0 Å². The number of likely N-dealkylation sites (N-methyl/N-ethyl adjacent to an activating group) is 3. The average Bonchev–Trinajstić information content (AvgIpc) is 1.73. The number of rotatable bonds is 9. The Labute approximate surface area is 713 Å². The molecule has 24 nitrogen and oxygen atoms in total. The van der Waals surface area contributed by atoms with Crippen molar-refractivity contribution in [1.82, 2.24) is 62.6 Å². The number of hydrogen-bond donors (Lipinski definition) is 9. The molecule has 0 saturated heterocycles. The lowest BCUT2D eigenvalue weighted by molar-refractivity contribution is -0.141. The number of ether oxygens (including phenoxy) is 3. The summed E-state index contributed by atoms with van der Waals surface area (Å²) in [5.41, 5.74) is 4.20. The van der Waals surface area contributed by atoms with Gasteiger partial charge in [-0.2, -0.15) is 13.2 Å². The van der Waals surface area contributed by atoms with E-state index >= 15 is 0 Å². The van der Waals surface area contributed by atoms with E-state index in [1.807, 2.05) is 72.8 Å². The molecular weight excluding hydrogens is 1620 g/mol. The van der Waals surface area contributed by atoms with Crippen molar-refractivity contribution in [2.45, 2.75) is 178 Å². The zero-order valence-corrected chi connectivity index (χ0v) is 71.0. The molecule has 0 radical (unpaired) electrons. The van der Waals surface area contributed by atoms with Crippen LogP contribution >= 0.6 is 46.4 Å². The largest absolute Gasteiger partial charge is 0.492 e. The molecule has 642 valence electrons. The summed E-state index contributed by atoms with van der Waals surface area (Å²) < 4.78 is 57.2. The van der Waals surface area contributed by atoms with Crippen LogP contribution in [-0.4, -0.2) is 202 Å². The van der Waals surface area contributed by atoms with Gasteiger partial charge in [0.15, 0.2) is 0 Å². The van der Waals surface area contributed by atoms with E-state index < -0.39 is 89.7 Å². The molecule has 6 aliphatic rings. The second-order valence-corrected chi connectivity index (χ2v) is 32.9. The SMILES string of the molecule is C[C@@H]1C(=O)N[C@H](Cc2ccc(C(F)(F)F)cc2)C(=O)NCCCc2ccccc2OCCN[C@@H](C2CC2)C(=O)N1C.C[C@@H]1C(=O)N[C@H](Cc2ccc(Cl)c(Cl)c2)C(=O)NCCCc2ccccc2OCCN[C@@H](C2CC2)C(=O)N1C.C[C@@H]1C(=O)N[C@H](Cc2ccc(Cl)cc2Cl)C(=O)NCCCc2ccccc2OCCN[C@@H](C2CC2)C(=O)N1C. The average molecular weight is 1730 g/mol. The second-order valence-electron chi connectivity index (χ2n) is 31.2. The normalized spacial score (nSPS) is 24.0. The van der Waals surface area contributed by atoms with Crippen molar-refractivity contribution >= 4 is 99.6 Å². The Kier molecular flexibility index (Phi) is 34.3. The Morgan fingerprint density at radius 3 is 1.08 bits per heavy atom. The molecule has 6 aromatic carbocycles. The van der Waals surface area contributed by atoms with E-state index in [9.17, 15) is 56.3 Å². The van der Waals surface area contributed by atoms with Gasteiger partial charge >= 0.3 is 6.18 Å². The molecule has 3 saturated carbocycles. The van der Waals surface area contributed by atoms with E-state index in [0.29, 0.717) is 116 Å². The number of benzene rings is 6. The van der Waals surface area contributed by atoms with Crippen molar-refractivity contribution in [3.05, 3.63) is 192 Å². The fourth-order valence-electron chi connectivity index (χ4n) is 14.3. The predicted molar refractivity (Wildman–Crippen MR) is 451 cm³/mol. The lowest BCUT2D eigenvalue weighted by atomic mass is 10.0. The van der Waals surface area contributed by atoms with Crippen LogP contribution < -0.4 is 62.1 Å². The molecule has 0 unspecified atom stereocenters. The van der Waals surface area contributed by atoms with E-state index in [-0.39, 0.29) is 66.6 Å². The molecule has 3 heterocycles. The van der Waals surface area contributed by atoms with Crippen molar-refractivity contribution in [3.8, 4) is 17.2 Å². The zero-order chi connectivity index (χ0) is 85.5. The number of aryl methyl sites for hydroxylation is 3. The summed E-state index contributed by atoms with van der Waals surface area (Å²) >= 11 is 24.7. The smallest absolute Gasteiger partial charge is 0.416 e. The number of halogens is 7. The molecule has 12 rings (SSSR count). The van der Waals surface area contributed by atoms with Crippen molar-refractivity contribution in [2.24, 2.45) is 17.8 Å². The summed E-state index contributed by atoms with van der Waals surface area (Å²) in [6.45, 7) is 8.78. The Morgan fingerprint density at radius 2 is 0.731 bits per heavy atom. The number of hydrogen-bond acceptors (Lipinski definition) is 15. The third-order valence-corrected chi connectivity index (χ3v) is 23.7. The zero-order valence-electron chi connectivity index (χ0n) is 68.0. The van der Waals surface area contributed by atoms with Gasteiger partial charge in [0.2, 0.25) is 53.2 Å². The molecule has 3 fully saturated rings. The van der Waals surface area contributed by atoms with Gasteiger partial charge in [0.05, 0.1) is 33.7 Å². The van der Waals surface area contributed by atoms with Crippen LogP contribution in [0.25, 0.3) is 0 Å². The number of nitrogens with zero attached hydrogens (tertiary/aromatic N) is 3. The van der Waals surface area contributed by atoms with Crippen molar-refractivity contribution in [2.75, 3.05) is 80.2 Å². The van der Waals surface area contributed by atoms with Crippen molar-refractivity contribution in [3.63, 3.8) is 0 Å². The maximum absolute atomic E-state index is 13.4. The first kappa shape index (κ1) is 92.1. The van der Waals surface area contributed by atoms with Gasteiger partial charge in [-0.25, -0.2) is 0 Å². The molecule has 119 heavy (non-hydrogen) atoms. The van der Waals surface area contributed by atoms with Gasteiger partial charge in [-0.05, 0) is 204 Å². The fraction of sp³-hybridized carbons (Fsp3) is 0.489. The number of carbonyl (C=O) groups excluding carboxylic acids is 9. The van der Waals surface area contributed by atoms with Crippen molar-refractivity contribution < 1.29 is 70.5 Å². The van der Waals surface area contributed by atoms with Crippen LogP contribution in [-0.2, 0) is 87.9 Å². The highest BCUT2D eigenvalue weighted by Crippen LogP contribution is 2.37. The van der Waals surface area contributed by atoms with E-state index in [0.717, 1.165) is 103 Å². The third-order valence-electron chi connectivity index (χ3n) is 22.3. The second kappa shape index (κ2) is 44.4. The van der Waals surface area contributed by atoms with E-state index in [1.165, 1.54) is 26.8 Å². The predicted octanol–water partition coefficient (Wildman–Crippen LogP) is 9.84. The number of nitrogens with one attached hydrogen (secondary N) is 9. The molecule has 9 N–H and O–H groups in total. The molecule has 31 heteroatoms. The molecule has 6 aromatic rings. The van der Waals surface area contributed by atoms with Crippen LogP contribution in [0.5, 0.6) is 17.2 Å². The number of carbonyl (C=O) groups is 9. The monoisotopic (exact) mass is 1720 g/mol. The van der Waals surface area contributed by atoms with Gasteiger partial charge in [-0.1, -0.05) is 125 Å².